The Hall–Kier alpha value is -2.62. The fourth-order valence-corrected chi connectivity index (χ4v) is 6.11. The molecule has 2 aromatic rings. The number of aromatic nitrogens is 1. The van der Waals surface area contributed by atoms with Gasteiger partial charge in [0.1, 0.15) is 5.60 Å². The number of aromatic amines is 1. The van der Waals surface area contributed by atoms with E-state index in [1.54, 1.807) is 20.8 Å². The third kappa shape index (κ3) is 7.07. The first-order chi connectivity index (χ1) is 18.0. The Morgan fingerprint density at radius 2 is 1.89 bits per heavy atom. The second kappa shape index (κ2) is 13.0. The van der Waals surface area contributed by atoms with E-state index in [1.807, 2.05) is 0 Å². The van der Waals surface area contributed by atoms with E-state index in [2.05, 4.69) is 45.8 Å². The lowest BCUT2D eigenvalue weighted by Crippen LogP contribution is -2.53. The fourth-order valence-electron chi connectivity index (χ4n) is 6.11. The molecule has 3 heterocycles. The molecule has 9 heteroatoms. The third-order valence-corrected chi connectivity index (χ3v) is 7.72. The van der Waals surface area contributed by atoms with E-state index in [4.69, 9.17) is 16.2 Å². The number of methoxy groups -OCH3 is 1. The number of nitrogens with one attached hydrogen (secondary N) is 1. The van der Waals surface area contributed by atoms with Crippen molar-refractivity contribution in [3.8, 4) is 0 Å². The Labute approximate surface area is 226 Å². The predicted octanol–water partition coefficient (Wildman–Crippen LogP) is 3.88. The highest BCUT2D eigenvalue weighted by Gasteiger charge is 2.49. The van der Waals surface area contributed by atoms with Gasteiger partial charge in [0.2, 0.25) is 0 Å². The number of ether oxygens (including phenoxy) is 2. The molecule has 1 amide bonds. The minimum Gasteiger partial charge on any atom is -0.469 e. The number of hydrogen-bond acceptors (Lipinski definition) is 7. The number of carbonyl (C=O) groups excluding carboxylic acids is 2. The van der Waals surface area contributed by atoms with Crippen molar-refractivity contribution in [2.24, 2.45) is 29.2 Å². The molecule has 9 nitrogen and oxygen atoms in total. The van der Waals surface area contributed by atoms with Crippen LogP contribution in [0.3, 0.4) is 0 Å². The van der Waals surface area contributed by atoms with Crippen molar-refractivity contribution in [3.05, 3.63) is 35.5 Å². The molecule has 1 aliphatic carbocycles. The van der Waals surface area contributed by atoms with E-state index < -0.39 is 17.8 Å². The van der Waals surface area contributed by atoms with Crippen LogP contribution >= 0.6 is 0 Å². The van der Waals surface area contributed by atoms with E-state index in [1.165, 1.54) is 29.3 Å². The van der Waals surface area contributed by atoms with Gasteiger partial charge in [0.15, 0.2) is 0 Å². The molecule has 2 fully saturated rings. The van der Waals surface area contributed by atoms with Crippen molar-refractivity contribution < 1.29 is 24.2 Å². The number of para-hydroxylation sites is 1. The summed E-state index contributed by atoms with van der Waals surface area (Å²) >= 11 is 0. The maximum absolute atomic E-state index is 12.4. The second-order valence-electron chi connectivity index (χ2n) is 11.5. The maximum atomic E-state index is 12.4. The lowest BCUT2D eigenvalue weighted by molar-refractivity contribution is -0.160. The minimum absolute atomic E-state index is 0.199. The molecule has 5 rings (SSSR count). The topological polar surface area (TPSA) is 144 Å². The summed E-state index contributed by atoms with van der Waals surface area (Å²) < 4.78 is 9.62. The maximum Gasteiger partial charge on any atom is 0.405 e. The number of piperidine rings is 1. The molecule has 1 saturated carbocycles. The Kier molecular flexibility index (Phi) is 10.2. The summed E-state index contributed by atoms with van der Waals surface area (Å²) in [4.78, 5) is 28.6. The Bertz CT molecular complexity index is 1080. The van der Waals surface area contributed by atoms with Gasteiger partial charge >= 0.3 is 12.1 Å². The number of aliphatic hydroxyl groups is 1. The van der Waals surface area contributed by atoms with Crippen LogP contribution in [0, 0.1) is 17.8 Å². The standard InChI is InChI=1S/C21H26N2O3.C5H11NO2.C3H9N/c1-26-21(25)19-15-10-17-20-14(13-4-2-3-5-16(13)22-20)8-9-23(17)11-12(15)6-7-18(19)24;1-5(2,3)8-4(6)7;1-2-3-4/h2-5,12,15,17-19,22,24H,6-11H2,1H3;1-3H3,(H2,6,7);2-4H2,1H3/t12-,15-,17-,18-,19+;;/m0../s1. The van der Waals surface area contributed by atoms with Gasteiger partial charge in [-0.05, 0) is 82.9 Å². The molecule has 6 N–H and O–H groups in total. The van der Waals surface area contributed by atoms with Crippen LogP contribution in [0.5, 0.6) is 0 Å². The largest absolute Gasteiger partial charge is 0.469 e. The predicted molar refractivity (Wildman–Crippen MR) is 148 cm³/mol. The van der Waals surface area contributed by atoms with Crippen LogP contribution in [0.15, 0.2) is 24.3 Å². The van der Waals surface area contributed by atoms with Gasteiger partial charge in [-0.3, -0.25) is 9.69 Å². The van der Waals surface area contributed by atoms with E-state index in [9.17, 15) is 14.7 Å². The molecule has 2 aliphatic heterocycles. The van der Waals surface area contributed by atoms with Crippen LogP contribution in [0.4, 0.5) is 4.79 Å². The highest BCUT2D eigenvalue weighted by atomic mass is 16.6. The molecule has 212 valence electrons. The summed E-state index contributed by atoms with van der Waals surface area (Å²) in [5, 5.41) is 11.8. The summed E-state index contributed by atoms with van der Waals surface area (Å²) in [6, 6.07) is 8.83. The van der Waals surface area contributed by atoms with Gasteiger partial charge in [0.05, 0.1) is 25.2 Å². The Morgan fingerprint density at radius 1 is 1.21 bits per heavy atom. The number of rotatable bonds is 2. The van der Waals surface area contributed by atoms with Crippen LogP contribution in [-0.4, -0.2) is 65.5 Å². The van der Waals surface area contributed by atoms with Gasteiger partial charge in [-0.15, -0.1) is 0 Å². The van der Waals surface area contributed by atoms with Crippen LogP contribution in [-0.2, 0) is 20.7 Å². The van der Waals surface area contributed by atoms with Crippen molar-refractivity contribution in [3.63, 3.8) is 0 Å². The number of primary amides is 1. The van der Waals surface area contributed by atoms with E-state index in [-0.39, 0.29) is 17.8 Å². The van der Waals surface area contributed by atoms with E-state index in [0.29, 0.717) is 18.4 Å². The van der Waals surface area contributed by atoms with Gasteiger partial charge in [0.25, 0.3) is 0 Å². The van der Waals surface area contributed by atoms with Gasteiger partial charge in [-0.1, -0.05) is 25.1 Å². The molecule has 1 aromatic carbocycles. The molecular weight excluding hydrogens is 484 g/mol. The molecule has 1 saturated heterocycles. The molecule has 38 heavy (non-hydrogen) atoms. The van der Waals surface area contributed by atoms with E-state index >= 15 is 0 Å². The minimum atomic E-state index is -0.725. The first-order valence-electron chi connectivity index (χ1n) is 13.8. The number of carbonyl (C=O) groups is 2. The number of fused-ring (bicyclic) bond motifs is 6. The number of H-pyrrole nitrogens is 1. The van der Waals surface area contributed by atoms with Crippen LogP contribution in [0.2, 0.25) is 0 Å². The lowest BCUT2D eigenvalue weighted by atomic mass is 9.65. The van der Waals surface area contributed by atoms with E-state index in [0.717, 1.165) is 45.3 Å². The molecule has 0 unspecified atom stereocenters. The summed E-state index contributed by atoms with van der Waals surface area (Å²) in [6.07, 6.45) is 3.51. The zero-order chi connectivity index (χ0) is 28.0. The summed E-state index contributed by atoms with van der Waals surface area (Å²) in [6.45, 7) is 10.3. The average Bonchev–Trinajstić information content (AvgIpc) is 3.25. The van der Waals surface area contributed by atoms with Crippen LogP contribution < -0.4 is 11.5 Å². The smallest absolute Gasteiger partial charge is 0.405 e. The zero-order valence-corrected chi connectivity index (χ0v) is 23.5. The molecule has 0 radical (unpaired) electrons. The normalized spacial score (nSPS) is 26.3. The van der Waals surface area contributed by atoms with Crippen molar-refractivity contribution in [1.29, 1.82) is 0 Å². The van der Waals surface area contributed by atoms with Crippen LogP contribution in [0.1, 0.15) is 70.7 Å². The summed E-state index contributed by atoms with van der Waals surface area (Å²) in [5.74, 6) is 0.0541. The van der Waals surface area contributed by atoms with Crippen molar-refractivity contribution in [2.75, 3.05) is 26.7 Å². The number of amides is 1. The zero-order valence-electron chi connectivity index (χ0n) is 23.5. The Morgan fingerprint density at radius 3 is 2.47 bits per heavy atom. The van der Waals surface area contributed by atoms with Gasteiger partial charge in [0, 0.05) is 29.7 Å². The number of esters is 1. The number of hydrogen-bond donors (Lipinski definition) is 4. The highest BCUT2D eigenvalue weighted by molar-refractivity contribution is 5.85. The number of nitrogens with zero attached hydrogens (tertiary/aromatic N) is 1. The number of benzene rings is 1. The Balaban J connectivity index is 0.000000282. The lowest BCUT2D eigenvalue weighted by Gasteiger charge is -2.50. The molecule has 5 atom stereocenters. The SMILES string of the molecule is CC(C)(C)OC(N)=O.CCCN.COC(=O)[C@@H]1[C@H]2C[C@H]3c4[nH]c5ccccc5c4CCN3C[C@@H]2CC[C@@H]1O. The van der Waals surface area contributed by atoms with Gasteiger partial charge in [-0.25, -0.2) is 4.79 Å². The average molecular weight is 531 g/mol. The van der Waals surface area contributed by atoms with Crippen molar-refractivity contribution in [1.82, 2.24) is 9.88 Å². The number of nitrogens with two attached hydrogens (primary N) is 2. The van der Waals surface area contributed by atoms with Gasteiger partial charge < -0.3 is 31.0 Å². The molecule has 0 spiro atoms. The fraction of sp³-hybridized carbons (Fsp3) is 0.655. The summed E-state index contributed by atoms with van der Waals surface area (Å²) in [7, 11) is 1.43. The molecular formula is C29H46N4O5. The molecule has 3 aliphatic rings. The first kappa shape index (κ1) is 29.9. The molecule has 0 bridgehead atoms. The highest BCUT2D eigenvalue weighted by Crippen LogP contribution is 2.49. The second-order valence-corrected chi connectivity index (χ2v) is 11.5. The van der Waals surface area contributed by atoms with Crippen molar-refractivity contribution in [2.45, 2.75) is 77.5 Å². The van der Waals surface area contributed by atoms with Crippen LogP contribution in [0.25, 0.3) is 10.9 Å². The quantitative estimate of drug-likeness (QED) is 0.431. The first-order valence-corrected chi connectivity index (χ1v) is 13.8. The molecule has 1 aromatic heterocycles. The summed E-state index contributed by atoms with van der Waals surface area (Å²) in [5.41, 5.74) is 13.3. The third-order valence-electron chi connectivity index (χ3n) is 7.72. The monoisotopic (exact) mass is 530 g/mol. The number of aliphatic hydroxyl groups excluding tert-OH is 1. The van der Waals surface area contributed by atoms with Gasteiger partial charge in [-0.2, -0.15) is 0 Å². The van der Waals surface area contributed by atoms with Crippen molar-refractivity contribution >= 4 is 23.0 Å².